The molecule has 1 aliphatic rings. The number of primary amides is 1. The number of phenols is 1. The van der Waals surface area contributed by atoms with Crippen LogP contribution in [0.1, 0.15) is 49.3 Å². The Bertz CT molecular complexity index is 2320. The van der Waals surface area contributed by atoms with E-state index in [1.165, 1.54) is 19.1 Å². The average molecular weight is 961 g/mol. The Labute approximate surface area is 396 Å². The zero-order valence-electron chi connectivity index (χ0n) is 37.1. The van der Waals surface area contributed by atoms with Crippen molar-refractivity contribution in [3.8, 4) is 5.75 Å². The molecule has 7 amide bonds. The molecule has 0 radical (unpaired) electrons. The van der Waals surface area contributed by atoms with Gasteiger partial charge in [-0.3, -0.25) is 33.6 Å². The Kier molecular flexibility index (Phi) is 19.9. The number of aliphatic hydroxyl groups excluding tert-OH is 1. The van der Waals surface area contributed by atoms with E-state index in [4.69, 9.17) is 17.2 Å². The maximum Gasteiger partial charge on any atom is 0.245 e. The van der Waals surface area contributed by atoms with Crippen LogP contribution in [0.15, 0.2) is 85.1 Å². The van der Waals surface area contributed by atoms with Gasteiger partial charge in [0.1, 0.15) is 42.0 Å². The molecule has 5 rings (SSSR count). The van der Waals surface area contributed by atoms with Gasteiger partial charge in [0.2, 0.25) is 41.4 Å². The van der Waals surface area contributed by atoms with Gasteiger partial charge in [0.05, 0.1) is 12.1 Å². The number of aromatic amines is 1. The molecule has 0 aliphatic carbocycles. The van der Waals surface area contributed by atoms with Gasteiger partial charge in [0.15, 0.2) is 0 Å². The summed E-state index contributed by atoms with van der Waals surface area (Å²) in [5.74, 6) is -5.98. The van der Waals surface area contributed by atoms with Crippen molar-refractivity contribution < 1.29 is 43.8 Å². The number of amides is 7. The molecule has 8 atom stereocenters. The molecule has 2 heterocycles. The number of phenolic OH excluding ortho intramolecular Hbond substituents is 1. The zero-order valence-corrected chi connectivity index (χ0v) is 38.7. The minimum absolute atomic E-state index is 0.0346. The Balaban J connectivity index is 1.54. The SMILES string of the molecule is C[C@@H](O)[C@@H]1NC(=O)[C@H](CCCCCN)NC(=O)[C@@H](Cc2c[nH]c3ccccc23)NC(=O)[C@H](Cc2ccc(O)cc2)NC(=O)[C@@H](NC(=O)[C@H](N)Cc2ccccc2)CSSC[C@@H](C(N)=O)NC1=O. The summed E-state index contributed by atoms with van der Waals surface area (Å²) in [4.78, 5) is 101. The Morgan fingerprint density at radius 2 is 1.36 bits per heavy atom. The molecule has 1 aliphatic heterocycles. The fourth-order valence-electron chi connectivity index (χ4n) is 7.33. The lowest BCUT2D eigenvalue weighted by atomic mass is 10.0. The van der Waals surface area contributed by atoms with Gasteiger partial charge in [0.25, 0.3) is 0 Å². The third-order valence-electron chi connectivity index (χ3n) is 11.1. The maximum absolute atomic E-state index is 14.7. The fraction of sp³-hybridized carbons (Fsp3) is 0.413. The number of H-pyrrole nitrogens is 1. The Morgan fingerprint density at radius 3 is 2.04 bits per heavy atom. The van der Waals surface area contributed by atoms with Crippen LogP contribution in [0.25, 0.3) is 10.9 Å². The molecule has 1 saturated heterocycles. The van der Waals surface area contributed by atoms with Crippen LogP contribution >= 0.6 is 21.6 Å². The number of unbranched alkanes of at least 4 members (excludes halogenated alkanes) is 2. The third-order valence-corrected chi connectivity index (χ3v) is 13.5. The lowest BCUT2D eigenvalue weighted by molar-refractivity contribution is -0.136. The highest BCUT2D eigenvalue weighted by Gasteiger charge is 2.36. The van der Waals surface area contributed by atoms with Crippen molar-refractivity contribution in [2.75, 3.05) is 18.1 Å². The number of rotatable bonds is 15. The number of benzene rings is 3. The van der Waals surface area contributed by atoms with Crippen molar-refractivity contribution >= 4 is 73.8 Å². The van der Waals surface area contributed by atoms with E-state index in [0.29, 0.717) is 36.9 Å². The van der Waals surface area contributed by atoms with Gasteiger partial charge in [-0.1, -0.05) is 95.1 Å². The van der Waals surface area contributed by atoms with Gasteiger partial charge >= 0.3 is 0 Å². The zero-order chi connectivity index (χ0) is 48.5. The summed E-state index contributed by atoms with van der Waals surface area (Å²) in [6.07, 6.45) is 1.91. The van der Waals surface area contributed by atoms with E-state index < -0.39 is 89.7 Å². The van der Waals surface area contributed by atoms with Crippen molar-refractivity contribution in [3.05, 3.63) is 102 Å². The van der Waals surface area contributed by atoms with Gasteiger partial charge in [0, 0.05) is 41.4 Å². The van der Waals surface area contributed by atoms with Crippen LogP contribution in [0.4, 0.5) is 0 Å². The Morgan fingerprint density at radius 1 is 0.731 bits per heavy atom. The summed E-state index contributed by atoms with van der Waals surface area (Å²) in [5.41, 5.74) is 20.4. The molecular formula is C46H60N10O9S2. The topological polar surface area (TPSA) is 326 Å². The summed E-state index contributed by atoms with van der Waals surface area (Å²) >= 11 is 0. The van der Waals surface area contributed by atoms with E-state index in [0.717, 1.165) is 38.1 Å². The van der Waals surface area contributed by atoms with E-state index >= 15 is 0 Å². The van der Waals surface area contributed by atoms with Gasteiger partial charge in [-0.15, -0.1) is 0 Å². The second-order valence-corrected chi connectivity index (χ2v) is 18.9. The van der Waals surface area contributed by atoms with Crippen LogP contribution in [0.2, 0.25) is 0 Å². The van der Waals surface area contributed by atoms with E-state index in [1.807, 2.05) is 30.3 Å². The van der Waals surface area contributed by atoms with Gasteiger partial charge < -0.3 is 64.3 Å². The molecule has 0 spiro atoms. The molecular weight excluding hydrogens is 901 g/mol. The minimum Gasteiger partial charge on any atom is -0.508 e. The number of hydrogen-bond donors (Lipinski definition) is 12. The van der Waals surface area contributed by atoms with Crippen molar-refractivity contribution in [2.45, 2.75) is 100 Å². The lowest BCUT2D eigenvalue weighted by Gasteiger charge is -2.29. The number of nitrogens with one attached hydrogen (secondary N) is 7. The summed E-state index contributed by atoms with van der Waals surface area (Å²) in [7, 11) is 2.10. The van der Waals surface area contributed by atoms with Crippen molar-refractivity contribution in [1.29, 1.82) is 0 Å². The number of fused-ring (bicyclic) bond motifs is 1. The highest BCUT2D eigenvalue weighted by atomic mass is 33.1. The first-order valence-electron chi connectivity index (χ1n) is 22.0. The van der Waals surface area contributed by atoms with Crippen molar-refractivity contribution in [3.63, 3.8) is 0 Å². The molecule has 15 N–H and O–H groups in total. The third kappa shape index (κ3) is 15.7. The summed E-state index contributed by atoms with van der Waals surface area (Å²) in [6, 6.07) is 13.0. The van der Waals surface area contributed by atoms with Crippen LogP contribution in [0.5, 0.6) is 5.75 Å². The number of carbonyl (C=O) groups excluding carboxylic acids is 7. The van der Waals surface area contributed by atoms with Crippen molar-refractivity contribution in [2.24, 2.45) is 17.2 Å². The lowest BCUT2D eigenvalue weighted by Crippen LogP contribution is -2.62. The second-order valence-electron chi connectivity index (χ2n) is 16.4. The quantitative estimate of drug-likeness (QED) is 0.0549. The first-order chi connectivity index (χ1) is 32.1. The molecule has 360 valence electrons. The molecule has 0 unspecified atom stereocenters. The summed E-state index contributed by atoms with van der Waals surface area (Å²) in [5, 5.41) is 37.6. The number of hydrogen-bond acceptors (Lipinski definition) is 13. The second kappa shape index (κ2) is 25.7. The molecule has 4 aromatic rings. The first kappa shape index (κ1) is 51.8. The molecule has 0 saturated carbocycles. The largest absolute Gasteiger partial charge is 0.508 e. The van der Waals surface area contributed by atoms with E-state index in [1.54, 1.807) is 42.6 Å². The van der Waals surface area contributed by atoms with E-state index in [2.05, 4.69) is 36.9 Å². The summed E-state index contributed by atoms with van der Waals surface area (Å²) in [6.45, 7) is 1.66. The van der Waals surface area contributed by atoms with E-state index in [9.17, 15) is 43.8 Å². The molecule has 67 heavy (non-hydrogen) atoms. The normalized spacial score (nSPS) is 22.5. The van der Waals surface area contributed by atoms with Crippen LogP contribution in [0.3, 0.4) is 0 Å². The number of aromatic hydroxyl groups is 1. The van der Waals surface area contributed by atoms with Gasteiger partial charge in [-0.25, -0.2) is 0 Å². The highest BCUT2D eigenvalue weighted by Crippen LogP contribution is 2.24. The number of aliphatic hydroxyl groups is 1. The number of carbonyl (C=O) groups is 7. The van der Waals surface area contributed by atoms with Crippen molar-refractivity contribution in [1.82, 2.24) is 36.9 Å². The van der Waals surface area contributed by atoms with Crippen LogP contribution < -0.4 is 49.1 Å². The molecule has 21 heteroatoms. The van der Waals surface area contributed by atoms with E-state index in [-0.39, 0.29) is 42.9 Å². The predicted molar refractivity (Wildman–Crippen MR) is 257 cm³/mol. The number of aromatic nitrogens is 1. The molecule has 3 aromatic carbocycles. The standard InChI is InChI=1S/C46H60N10O9S2/c1-26(57)39-46(65)54-37(40(49)59)24-66-67-25-38(55-41(60)32(48)20-27-10-4-2-5-11-27)45(64)52-35(21-28-15-17-30(58)18-16-28)43(62)53-36(22-29-23-50-33-13-8-7-12-31(29)33)44(63)51-34(42(61)56-39)14-6-3-9-19-47/h2,4-5,7-8,10-13,15-18,23,26,32,34-39,50,57-58H,3,6,9,14,19-22,24-25,47-48H2,1H3,(H2,49,59)(H,51,63)(H,52,64)(H,53,62)(H,54,65)(H,55,60)(H,56,61)/t26-,32-,34+,35+,36-,37+,38+,39+/m1/s1. The Hall–Kier alpha value is -6.13. The molecule has 0 bridgehead atoms. The van der Waals surface area contributed by atoms with Crippen LogP contribution in [0, 0.1) is 0 Å². The predicted octanol–water partition coefficient (Wildman–Crippen LogP) is -0.0823. The smallest absolute Gasteiger partial charge is 0.245 e. The van der Waals surface area contributed by atoms with Crippen LogP contribution in [-0.2, 0) is 52.8 Å². The number of para-hydroxylation sites is 1. The molecule has 1 fully saturated rings. The maximum atomic E-state index is 14.7. The van der Waals surface area contributed by atoms with Gasteiger partial charge in [-0.2, -0.15) is 0 Å². The monoisotopic (exact) mass is 960 g/mol. The fourth-order valence-corrected chi connectivity index (χ4v) is 9.67. The summed E-state index contributed by atoms with van der Waals surface area (Å²) < 4.78 is 0. The van der Waals surface area contributed by atoms with Gasteiger partial charge in [-0.05, 0) is 67.6 Å². The minimum atomic E-state index is -1.59. The molecule has 1 aromatic heterocycles. The number of nitrogens with two attached hydrogens (primary N) is 3. The van der Waals surface area contributed by atoms with Crippen LogP contribution in [-0.4, -0.2) is 123 Å². The first-order valence-corrected chi connectivity index (χ1v) is 24.5. The molecule has 19 nitrogen and oxygen atoms in total. The highest BCUT2D eigenvalue weighted by molar-refractivity contribution is 8.76. The average Bonchev–Trinajstić information content (AvgIpc) is 3.71.